The fourth-order valence-electron chi connectivity index (χ4n) is 1.20. The van der Waals surface area contributed by atoms with Gasteiger partial charge in [-0.25, -0.2) is 0 Å². The Morgan fingerprint density at radius 2 is 2.33 bits per heavy atom. The molecule has 1 aliphatic rings. The first kappa shape index (κ1) is 9.70. The van der Waals surface area contributed by atoms with E-state index in [-0.39, 0.29) is 24.2 Å². The van der Waals surface area contributed by atoms with Crippen LogP contribution in [0.4, 0.5) is 0 Å². The second-order valence-corrected chi connectivity index (χ2v) is 3.54. The van der Waals surface area contributed by atoms with Crippen LogP contribution < -0.4 is 5.32 Å². The Hall–Kier alpha value is -1.85. The average Bonchev–Trinajstić information content (AvgIpc) is 2.83. The maximum Gasteiger partial charge on any atom is 0.325 e. The highest BCUT2D eigenvalue weighted by atomic mass is 16.4. The van der Waals surface area contributed by atoms with Crippen LogP contribution >= 0.6 is 0 Å². The van der Waals surface area contributed by atoms with E-state index in [9.17, 15) is 9.59 Å². The first-order valence-corrected chi connectivity index (χ1v) is 4.71. The van der Waals surface area contributed by atoms with Crippen molar-refractivity contribution in [1.82, 2.24) is 15.1 Å². The molecule has 1 heterocycles. The summed E-state index contributed by atoms with van der Waals surface area (Å²) in [6, 6.07) is 1.79. The number of aliphatic carboxylic acids is 1. The molecule has 0 bridgehead atoms. The highest BCUT2D eigenvalue weighted by molar-refractivity contribution is 5.92. The highest BCUT2D eigenvalue weighted by Gasteiger charge is 2.24. The molecule has 1 aromatic rings. The SMILES string of the molecule is O=C(O)Cn1ccc(C(=O)NC2CC2)n1. The number of nitrogens with zero attached hydrogens (tertiary/aromatic N) is 2. The van der Waals surface area contributed by atoms with Crippen LogP contribution in [0.25, 0.3) is 0 Å². The zero-order valence-corrected chi connectivity index (χ0v) is 8.01. The molecule has 1 fully saturated rings. The summed E-state index contributed by atoms with van der Waals surface area (Å²) in [6.45, 7) is -0.225. The van der Waals surface area contributed by atoms with Gasteiger partial charge < -0.3 is 10.4 Å². The molecule has 0 aliphatic heterocycles. The first-order chi connectivity index (χ1) is 7.15. The van der Waals surface area contributed by atoms with E-state index in [1.165, 1.54) is 16.9 Å². The summed E-state index contributed by atoms with van der Waals surface area (Å²) in [5, 5.41) is 15.1. The van der Waals surface area contributed by atoms with Gasteiger partial charge in [0.05, 0.1) is 0 Å². The van der Waals surface area contributed by atoms with Crippen molar-refractivity contribution in [3.8, 4) is 0 Å². The predicted octanol–water partition coefficient (Wildman–Crippen LogP) is -0.140. The fourth-order valence-corrected chi connectivity index (χ4v) is 1.20. The minimum Gasteiger partial charge on any atom is -0.480 e. The van der Waals surface area contributed by atoms with Gasteiger partial charge in [0.25, 0.3) is 5.91 Å². The van der Waals surface area contributed by atoms with Crippen LogP contribution in [-0.2, 0) is 11.3 Å². The number of hydrogen-bond acceptors (Lipinski definition) is 3. The number of hydrogen-bond donors (Lipinski definition) is 2. The van der Waals surface area contributed by atoms with E-state index in [4.69, 9.17) is 5.11 Å². The quantitative estimate of drug-likeness (QED) is 0.722. The number of amides is 1. The molecular weight excluding hydrogens is 198 g/mol. The van der Waals surface area contributed by atoms with Gasteiger partial charge in [0, 0.05) is 12.2 Å². The van der Waals surface area contributed by atoms with Gasteiger partial charge in [-0.1, -0.05) is 0 Å². The van der Waals surface area contributed by atoms with Crippen molar-refractivity contribution >= 4 is 11.9 Å². The van der Waals surface area contributed by atoms with Gasteiger partial charge in [-0.15, -0.1) is 0 Å². The molecule has 80 valence electrons. The van der Waals surface area contributed by atoms with Crippen molar-refractivity contribution in [2.75, 3.05) is 0 Å². The van der Waals surface area contributed by atoms with Crippen LogP contribution in [0.3, 0.4) is 0 Å². The van der Waals surface area contributed by atoms with Gasteiger partial charge in [0.15, 0.2) is 0 Å². The molecule has 1 saturated carbocycles. The molecule has 2 N–H and O–H groups in total. The third-order valence-electron chi connectivity index (χ3n) is 2.08. The Morgan fingerprint density at radius 3 is 2.93 bits per heavy atom. The molecule has 0 unspecified atom stereocenters. The average molecular weight is 209 g/mol. The van der Waals surface area contributed by atoms with Crippen molar-refractivity contribution in [1.29, 1.82) is 0 Å². The lowest BCUT2D eigenvalue weighted by molar-refractivity contribution is -0.137. The molecule has 6 heteroatoms. The molecule has 2 rings (SSSR count). The lowest BCUT2D eigenvalue weighted by Crippen LogP contribution is -2.26. The molecule has 0 atom stereocenters. The number of rotatable bonds is 4. The molecule has 1 aromatic heterocycles. The topological polar surface area (TPSA) is 84.2 Å². The van der Waals surface area contributed by atoms with Gasteiger partial charge in [0.1, 0.15) is 12.2 Å². The molecule has 0 radical (unpaired) electrons. The van der Waals surface area contributed by atoms with Crippen LogP contribution in [0.1, 0.15) is 23.3 Å². The molecule has 0 aromatic carbocycles. The second-order valence-electron chi connectivity index (χ2n) is 3.54. The summed E-state index contributed by atoms with van der Waals surface area (Å²) in [7, 11) is 0. The van der Waals surface area contributed by atoms with Gasteiger partial charge in [-0.2, -0.15) is 5.10 Å². The minimum absolute atomic E-state index is 0.225. The summed E-state index contributed by atoms with van der Waals surface area (Å²) >= 11 is 0. The smallest absolute Gasteiger partial charge is 0.325 e. The summed E-state index contributed by atoms with van der Waals surface area (Å²) in [5.41, 5.74) is 0.267. The number of nitrogens with one attached hydrogen (secondary N) is 1. The molecule has 0 spiro atoms. The van der Waals surface area contributed by atoms with Gasteiger partial charge in [-0.3, -0.25) is 14.3 Å². The Morgan fingerprint density at radius 1 is 1.60 bits per heavy atom. The fraction of sp³-hybridized carbons (Fsp3) is 0.444. The minimum atomic E-state index is -0.979. The van der Waals surface area contributed by atoms with Gasteiger partial charge >= 0.3 is 5.97 Å². The van der Waals surface area contributed by atoms with Crippen LogP contribution in [-0.4, -0.2) is 32.8 Å². The summed E-state index contributed by atoms with van der Waals surface area (Å²) in [6.07, 6.45) is 3.51. The van der Waals surface area contributed by atoms with Crippen LogP contribution in [0.2, 0.25) is 0 Å². The normalized spacial score (nSPS) is 14.9. The lowest BCUT2D eigenvalue weighted by atomic mass is 10.4. The number of aromatic nitrogens is 2. The highest BCUT2D eigenvalue weighted by Crippen LogP contribution is 2.18. The van der Waals surface area contributed by atoms with Crippen molar-refractivity contribution in [2.45, 2.75) is 25.4 Å². The van der Waals surface area contributed by atoms with E-state index in [1.807, 2.05) is 0 Å². The van der Waals surface area contributed by atoms with Crippen LogP contribution in [0, 0.1) is 0 Å². The third-order valence-corrected chi connectivity index (χ3v) is 2.08. The first-order valence-electron chi connectivity index (χ1n) is 4.71. The van der Waals surface area contributed by atoms with E-state index in [0.29, 0.717) is 0 Å². The number of carboxylic acid groups (broad SMARTS) is 1. The summed E-state index contributed by atoms with van der Waals surface area (Å²) < 4.78 is 1.23. The largest absolute Gasteiger partial charge is 0.480 e. The van der Waals surface area contributed by atoms with E-state index in [1.54, 1.807) is 0 Å². The van der Waals surface area contributed by atoms with Crippen molar-refractivity contribution < 1.29 is 14.7 Å². The number of carbonyl (C=O) groups excluding carboxylic acids is 1. The van der Waals surface area contributed by atoms with Crippen molar-refractivity contribution in [3.05, 3.63) is 18.0 Å². The zero-order valence-electron chi connectivity index (χ0n) is 8.01. The number of carbonyl (C=O) groups is 2. The van der Waals surface area contributed by atoms with Crippen molar-refractivity contribution in [2.24, 2.45) is 0 Å². The summed E-state index contributed by atoms with van der Waals surface area (Å²) in [4.78, 5) is 21.8. The van der Waals surface area contributed by atoms with Crippen LogP contribution in [0.15, 0.2) is 12.3 Å². The molecule has 6 nitrogen and oxygen atoms in total. The van der Waals surface area contributed by atoms with E-state index >= 15 is 0 Å². The Balaban J connectivity index is 1.98. The van der Waals surface area contributed by atoms with Crippen molar-refractivity contribution in [3.63, 3.8) is 0 Å². The Kier molecular flexibility index (Phi) is 2.40. The van der Waals surface area contributed by atoms with Gasteiger partial charge in [-0.05, 0) is 18.9 Å². The second kappa shape index (κ2) is 3.72. The Bertz CT molecular complexity index is 395. The monoisotopic (exact) mass is 209 g/mol. The maximum absolute atomic E-state index is 11.5. The zero-order chi connectivity index (χ0) is 10.8. The van der Waals surface area contributed by atoms with Crippen LogP contribution in [0.5, 0.6) is 0 Å². The molecule has 1 amide bonds. The van der Waals surface area contributed by atoms with Gasteiger partial charge in [0.2, 0.25) is 0 Å². The van der Waals surface area contributed by atoms with E-state index < -0.39 is 5.97 Å². The third kappa shape index (κ3) is 2.55. The summed E-state index contributed by atoms with van der Waals surface area (Å²) in [5.74, 6) is -1.21. The van der Waals surface area contributed by atoms with E-state index in [0.717, 1.165) is 12.8 Å². The Labute approximate surface area is 85.9 Å². The molecule has 0 saturated heterocycles. The number of carboxylic acids is 1. The lowest BCUT2D eigenvalue weighted by Gasteiger charge is -1.98. The van der Waals surface area contributed by atoms with E-state index in [2.05, 4.69) is 10.4 Å². The molecule has 15 heavy (non-hydrogen) atoms. The maximum atomic E-state index is 11.5. The molecular formula is C9H11N3O3. The molecule has 1 aliphatic carbocycles. The standard InChI is InChI=1S/C9H11N3O3/c13-8(14)5-12-4-3-7(11-12)9(15)10-6-1-2-6/h3-4,6H,1-2,5H2,(H,10,15)(H,13,14). The predicted molar refractivity (Wildman–Crippen MR) is 50.4 cm³/mol.